The highest BCUT2D eigenvalue weighted by Gasteiger charge is 2.47. The van der Waals surface area contributed by atoms with E-state index in [9.17, 15) is 5.11 Å². The fourth-order valence-corrected chi connectivity index (χ4v) is 6.37. The van der Waals surface area contributed by atoms with E-state index in [1.54, 1.807) is 0 Å². The summed E-state index contributed by atoms with van der Waals surface area (Å²) < 4.78 is 0. The van der Waals surface area contributed by atoms with Crippen molar-refractivity contribution in [2.75, 3.05) is 0 Å². The molecule has 3 unspecified atom stereocenters. The zero-order valence-electron chi connectivity index (χ0n) is 24.8. The molecule has 1 N–H and O–H groups in total. The summed E-state index contributed by atoms with van der Waals surface area (Å²) in [5.74, 6) is 1.19. The molecule has 0 aliphatic rings. The highest BCUT2D eigenvalue weighted by Crippen LogP contribution is 2.52. The molecule has 0 spiro atoms. The van der Waals surface area contributed by atoms with Crippen molar-refractivity contribution in [2.24, 2.45) is 11.8 Å². The summed E-state index contributed by atoms with van der Waals surface area (Å²) in [6.45, 7) is 18.2. The summed E-state index contributed by atoms with van der Waals surface area (Å²) in [5.41, 5.74) is 3.65. The van der Waals surface area contributed by atoms with Crippen LogP contribution in [0.25, 0.3) is 0 Å². The van der Waals surface area contributed by atoms with Crippen molar-refractivity contribution >= 4 is 0 Å². The molecule has 0 aliphatic heterocycles. The molecule has 202 valence electrons. The molecule has 0 amide bonds. The Morgan fingerprint density at radius 1 is 0.541 bits per heavy atom. The maximum atomic E-state index is 10.5. The van der Waals surface area contributed by atoms with E-state index < -0.39 is 5.60 Å². The van der Waals surface area contributed by atoms with E-state index in [1.807, 2.05) is 37.3 Å². The first-order valence-corrected chi connectivity index (χ1v) is 14.5. The lowest BCUT2D eigenvalue weighted by Crippen LogP contribution is -2.47. The molecule has 1 heteroatoms. The molecule has 37 heavy (non-hydrogen) atoms. The lowest BCUT2D eigenvalue weighted by Gasteiger charge is -2.50. The number of aliphatic hydroxyl groups is 1. The van der Waals surface area contributed by atoms with E-state index in [0.29, 0.717) is 11.8 Å². The Kier molecular flexibility index (Phi) is 11.6. The van der Waals surface area contributed by atoms with Crippen LogP contribution in [0, 0.1) is 11.8 Å². The van der Waals surface area contributed by atoms with Gasteiger partial charge in [-0.2, -0.15) is 0 Å². The van der Waals surface area contributed by atoms with E-state index in [4.69, 9.17) is 0 Å². The Hall–Kier alpha value is -2.38. The van der Waals surface area contributed by atoms with Crippen molar-refractivity contribution in [1.82, 2.24) is 0 Å². The second-order valence-corrected chi connectivity index (χ2v) is 11.8. The van der Waals surface area contributed by atoms with Gasteiger partial charge < -0.3 is 5.11 Å². The molecule has 1 nitrogen and oxygen atoms in total. The molecular formula is C36H52O. The Morgan fingerprint density at radius 2 is 0.946 bits per heavy atom. The zero-order chi connectivity index (χ0) is 27.5. The Morgan fingerprint density at radius 3 is 1.30 bits per heavy atom. The Balaban J connectivity index is 0.000000294. The maximum Gasteiger partial charge on any atom is 0.0896 e. The van der Waals surface area contributed by atoms with Gasteiger partial charge in [-0.15, -0.1) is 0 Å². The lowest BCUT2D eigenvalue weighted by atomic mass is 9.53. The van der Waals surface area contributed by atoms with Gasteiger partial charge in [0.25, 0.3) is 0 Å². The van der Waals surface area contributed by atoms with Crippen LogP contribution in [0.1, 0.15) is 104 Å². The lowest BCUT2D eigenvalue weighted by molar-refractivity contribution is 0.0113. The topological polar surface area (TPSA) is 20.2 Å². The van der Waals surface area contributed by atoms with Crippen LogP contribution < -0.4 is 0 Å². The van der Waals surface area contributed by atoms with Crippen molar-refractivity contribution in [3.05, 3.63) is 108 Å². The van der Waals surface area contributed by atoms with E-state index in [0.717, 1.165) is 31.2 Å². The second-order valence-electron chi connectivity index (χ2n) is 11.8. The number of rotatable bonds is 11. The van der Waals surface area contributed by atoms with Crippen molar-refractivity contribution < 1.29 is 5.11 Å². The minimum atomic E-state index is -0.643. The van der Waals surface area contributed by atoms with Gasteiger partial charge in [-0.05, 0) is 60.6 Å². The van der Waals surface area contributed by atoms with Crippen LogP contribution in [-0.2, 0) is 16.4 Å². The van der Waals surface area contributed by atoms with Gasteiger partial charge in [0.1, 0.15) is 0 Å². The molecule has 0 aliphatic carbocycles. The van der Waals surface area contributed by atoms with Crippen molar-refractivity contribution in [3.8, 4) is 0 Å². The van der Waals surface area contributed by atoms with Gasteiger partial charge in [-0.1, -0.05) is 146 Å². The molecule has 0 saturated heterocycles. The molecule has 3 aromatic rings. The first kappa shape index (κ1) is 30.8. The van der Waals surface area contributed by atoms with Crippen LogP contribution >= 0.6 is 0 Å². The van der Waals surface area contributed by atoms with Crippen molar-refractivity contribution in [2.45, 2.75) is 104 Å². The summed E-state index contributed by atoms with van der Waals surface area (Å²) in [6, 6.07) is 32.3. The van der Waals surface area contributed by atoms with E-state index in [1.165, 1.54) is 17.5 Å². The summed E-state index contributed by atoms with van der Waals surface area (Å²) in [5, 5.41) is 10.5. The predicted molar refractivity (Wildman–Crippen MR) is 162 cm³/mol. The smallest absolute Gasteiger partial charge is 0.0896 e. The fourth-order valence-electron chi connectivity index (χ4n) is 6.37. The molecule has 3 rings (SSSR count). The molecule has 0 radical (unpaired) electrons. The van der Waals surface area contributed by atoms with Gasteiger partial charge in [0, 0.05) is 10.8 Å². The monoisotopic (exact) mass is 500 g/mol. The second kappa shape index (κ2) is 14.0. The standard InChI is InChI=1S/C23H32.C13H20O/c1-6-22(5,20-14-10-8-11-15-20)23(7-2,18-19(3)4)21-16-12-9-13-17-21;1-4-13(14,10-11(2)3)12-8-6-5-7-9-12/h8-17,19H,6-7,18H2,1-5H3;5-9,11,14H,4,10H2,1-3H3. The van der Waals surface area contributed by atoms with Crippen LogP contribution in [0.3, 0.4) is 0 Å². The number of hydrogen-bond acceptors (Lipinski definition) is 1. The summed E-state index contributed by atoms with van der Waals surface area (Å²) in [6.07, 6.45) is 5.12. The van der Waals surface area contributed by atoms with E-state index >= 15 is 0 Å². The van der Waals surface area contributed by atoms with Gasteiger partial charge >= 0.3 is 0 Å². The number of benzene rings is 3. The third-order valence-electron chi connectivity index (χ3n) is 8.50. The Labute approximate surface area is 228 Å². The molecule has 3 aromatic carbocycles. The summed E-state index contributed by atoms with van der Waals surface area (Å²) >= 11 is 0. The first-order chi connectivity index (χ1) is 17.6. The minimum absolute atomic E-state index is 0.134. The molecular weight excluding hydrogens is 448 g/mol. The third kappa shape index (κ3) is 7.35. The molecule has 0 saturated carbocycles. The van der Waals surface area contributed by atoms with Gasteiger partial charge in [-0.3, -0.25) is 0 Å². The normalized spacial score (nSPS) is 16.3. The fraction of sp³-hybridized carbons (Fsp3) is 0.500. The number of hydrogen-bond donors (Lipinski definition) is 1. The summed E-state index contributed by atoms with van der Waals surface area (Å²) in [4.78, 5) is 0. The zero-order valence-corrected chi connectivity index (χ0v) is 24.8. The van der Waals surface area contributed by atoms with Crippen LogP contribution in [0.2, 0.25) is 0 Å². The maximum absolute atomic E-state index is 10.5. The minimum Gasteiger partial charge on any atom is -0.385 e. The predicted octanol–water partition coefficient (Wildman–Crippen LogP) is 10.1. The van der Waals surface area contributed by atoms with Gasteiger partial charge in [0.05, 0.1) is 5.60 Å². The average Bonchev–Trinajstić information content (AvgIpc) is 2.92. The van der Waals surface area contributed by atoms with Crippen molar-refractivity contribution in [1.29, 1.82) is 0 Å². The molecule has 0 fully saturated rings. The van der Waals surface area contributed by atoms with Crippen LogP contribution in [-0.4, -0.2) is 5.11 Å². The van der Waals surface area contributed by atoms with E-state index in [-0.39, 0.29) is 10.8 Å². The quantitative estimate of drug-likeness (QED) is 0.278. The highest BCUT2D eigenvalue weighted by molar-refractivity contribution is 5.38. The highest BCUT2D eigenvalue weighted by atomic mass is 16.3. The molecule has 3 atom stereocenters. The van der Waals surface area contributed by atoms with Crippen LogP contribution in [0.15, 0.2) is 91.0 Å². The molecule has 0 aromatic heterocycles. The van der Waals surface area contributed by atoms with Crippen molar-refractivity contribution in [3.63, 3.8) is 0 Å². The summed E-state index contributed by atoms with van der Waals surface area (Å²) in [7, 11) is 0. The third-order valence-corrected chi connectivity index (χ3v) is 8.50. The largest absolute Gasteiger partial charge is 0.385 e. The van der Waals surface area contributed by atoms with Gasteiger partial charge in [0.2, 0.25) is 0 Å². The molecule has 0 heterocycles. The SMILES string of the molecule is CCC(C)(c1ccccc1)C(CC)(CC(C)C)c1ccccc1.CCC(O)(CC(C)C)c1ccccc1. The van der Waals surface area contributed by atoms with Gasteiger partial charge in [0.15, 0.2) is 0 Å². The van der Waals surface area contributed by atoms with Crippen LogP contribution in [0.5, 0.6) is 0 Å². The Bertz CT molecular complexity index is 1010. The van der Waals surface area contributed by atoms with E-state index in [2.05, 4.69) is 109 Å². The van der Waals surface area contributed by atoms with Gasteiger partial charge in [-0.25, -0.2) is 0 Å². The molecule has 0 bridgehead atoms. The van der Waals surface area contributed by atoms with Crippen LogP contribution in [0.4, 0.5) is 0 Å². The first-order valence-electron chi connectivity index (χ1n) is 14.5. The average molecular weight is 501 g/mol.